The number of alkyl halides is 3. The number of halogens is 5. The van der Waals surface area contributed by atoms with Crippen LogP contribution in [-0.2, 0) is 22.7 Å². The van der Waals surface area contributed by atoms with Crippen molar-refractivity contribution >= 4 is 11.9 Å². The van der Waals surface area contributed by atoms with Crippen molar-refractivity contribution < 1.29 is 46.1 Å². The van der Waals surface area contributed by atoms with E-state index in [4.69, 9.17) is 19.4 Å². The smallest absolute Gasteiger partial charge is 0.490 e. The van der Waals surface area contributed by atoms with Crippen LogP contribution in [0.3, 0.4) is 0 Å². The Kier molecular flexibility index (Phi) is 9.54. The highest BCUT2D eigenvalue weighted by Crippen LogP contribution is 2.29. The van der Waals surface area contributed by atoms with Crippen molar-refractivity contribution in [3.63, 3.8) is 0 Å². The summed E-state index contributed by atoms with van der Waals surface area (Å²) in [7, 11) is 1.46. The van der Waals surface area contributed by atoms with Gasteiger partial charge in [0.2, 0.25) is 5.91 Å². The molecule has 0 radical (unpaired) electrons. The fourth-order valence-corrected chi connectivity index (χ4v) is 2.92. The summed E-state index contributed by atoms with van der Waals surface area (Å²) in [6.07, 6.45) is -0.807. The van der Waals surface area contributed by atoms with Crippen LogP contribution in [0.15, 0.2) is 30.6 Å². The molecule has 1 aliphatic heterocycles. The number of hydrogen-bond donors (Lipinski definition) is 3. The number of carboxylic acid groups (broad SMARTS) is 1. The number of nitrogens with zero attached hydrogens (tertiary/aromatic N) is 1. The van der Waals surface area contributed by atoms with Gasteiger partial charge in [0.15, 0.2) is 11.6 Å². The molecule has 186 valence electrons. The van der Waals surface area contributed by atoms with Gasteiger partial charge >= 0.3 is 12.1 Å². The number of aliphatic carboxylic acids is 1. The number of carbonyl (C=O) groups excluding carboxylic acids is 1. The van der Waals surface area contributed by atoms with Crippen LogP contribution in [0.4, 0.5) is 22.0 Å². The first-order chi connectivity index (χ1) is 16.0. The van der Waals surface area contributed by atoms with Gasteiger partial charge in [-0.15, -0.1) is 0 Å². The Balaban J connectivity index is 0.000000509. The van der Waals surface area contributed by atoms with Crippen LogP contribution in [0, 0.1) is 11.6 Å². The molecule has 1 saturated heterocycles. The molecule has 1 atom stereocenters. The number of ether oxygens (including phenoxy) is 2. The predicted octanol–water partition coefficient (Wildman–Crippen LogP) is 2.95. The molecule has 0 unspecified atom stereocenters. The molecule has 0 saturated carbocycles. The number of benzene rings is 1. The van der Waals surface area contributed by atoms with Gasteiger partial charge in [-0.2, -0.15) is 13.2 Å². The fourth-order valence-electron chi connectivity index (χ4n) is 2.92. The molecule has 1 aromatic heterocycles. The Bertz CT molecular complexity index is 997. The summed E-state index contributed by atoms with van der Waals surface area (Å²) in [4.78, 5) is 24.7. The average molecular weight is 491 g/mol. The molecule has 34 heavy (non-hydrogen) atoms. The topological polar surface area (TPSA) is 110 Å². The molecule has 13 heteroatoms. The van der Waals surface area contributed by atoms with E-state index in [2.05, 4.69) is 15.6 Å². The van der Waals surface area contributed by atoms with Gasteiger partial charge in [-0.1, -0.05) is 0 Å². The predicted molar refractivity (Wildman–Crippen MR) is 108 cm³/mol. The molecule has 1 aromatic carbocycles. The Morgan fingerprint density at radius 3 is 2.47 bits per heavy atom. The standard InChI is InChI=1S/C19H21F2N3O3.C2HF3O2/c1-26-17-7-18(27-11-12-5-14(20)10-22-8-12)15(21)6-13(17)9-24-19(25)16-3-2-4-23-16;3-2(4,5)1(6)7/h5-8,10,16,23H,2-4,9,11H2,1H3,(H,24,25);(H,6,7)/t16-;/m0./s1. The van der Waals surface area contributed by atoms with E-state index in [0.717, 1.165) is 25.6 Å². The maximum Gasteiger partial charge on any atom is 0.490 e. The molecule has 0 aliphatic carbocycles. The molecule has 2 aromatic rings. The second-order valence-corrected chi connectivity index (χ2v) is 7.06. The van der Waals surface area contributed by atoms with Crippen molar-refractivity contribution in [2.75, 3.05) is 13.7 Å². The van der Waals surface area contributed by atoms with Crippen LogP contribution in [0.25, 0.3) is 0 Å². The van der Waals surface area contributed by atoms with Crippen LogP contribution >= 0.6 is 0 Å². The first kappa shape index (κ1) is 26.8. The van der Waals surface area contributed by atoms with Gasteiger partial charge in [0.25, 0.3) is 0 Å². The Hall–Kier alpha value is -3.48. The summed E-state index contributed by atoms with van der Waals surface area (Å²) in [5, 5.41) is 13.0. The van der Waals surface area contributed by atoms with E-state index in [0.29, 0.717) is 16.9 Å². The molecule has 0 spiro atoms. The average Bonchev–Trinajstić information content (AvgIpc) is 3.31. The first-order valence-corrected chi connectivity index (χ1v) is 9.91. The number of nitrogens with one attached hydrogen (secondary N) is 2. The number of aromatic nitrogens is 1. The summed E-state index contributed by atoms with van der Waals surface area (Å²) in [5.74, 6) is -3.59. The molecule has 1 amide bonds. The summed E-state index contributed by atoms with van der Waals surface area (Å²) < 4.78 is 70.0. The summed E-state index contributed by atoms with van der Waals surface area (Å²) in [6.45, 7) is 0.933. The maximum atomic E-state index is 14.4. The Morgan fingerprint density at radius 1 is 1.21 bits per heavy atom. The van der Waals surface area contributed by atoms with Crippen LogP contribution in [0.1, 0.15) is 24.0 Å². The van der Waals surface area contributed by atoms with Gasteiger partial charge in [0.05, 0.1) is 19.3 Å². The zero-order valence-corrected chi connectivity index (χ0v) is 17.9. The lowest BCUT2D eigenvalue weighted by Crippen LogP contribution is -2.40. The molecular weight excluding hydrogens is 469 g/mol. The van der Waals surface area contributed by atoms with Gasteiger partial charge in [-0.05, 0) is 31.5 Å². The maximum absolute atomic E-state index is 14.4. The van der Waals surface area contributed by atoms with E-state index >= 15 is 0 Å². The highest BCUT2D eigenvalue weighted by atomic mass is 19.4. The number of methoxy groups -OCH3 is 1. The molecule has 0 bridgehead atoms. The van der Waals surface area contributed by atoms with E-state index < -0.39 is 23.8 Å². The molecular formula is C21H22F5N3O5. The third-order valence-corrected chi connectivity index (χ3v) is 4.56. The van der Waals surface area contributed by atoms with E-state index in [9.17, 15) is 26.7 Å². The summed E-state index contributed by atoms with van der Waals surface area (Å²) in [6, 6.07) is 3.74. The lowest BCUT2D eigenvalue weighted by Gasteiger charge is -2.15. The molecule has 3 N–H and O–H groups in total. The number of pyridine rings is 1. The fraction of sp³-hybridized carbons (Fsp3) is 0.381. The zero-order chi connectivity index (χ0) is 25.3. The SMILES string of the molecule is COc1cc(OCc2cncc(F)c2)c(F)cc1CNC(=O)[C@@H]1CCCN1.O=C(O)C(F)(F)F. The number of amides is 1. The molecule has 2 heterocycles. The van der Waals surface area contributed by atoms with Crippen molar-refractivity contribution in [3.05, 3.63) is 53.4 Å². The highest BCUT2D eigenvalue weighted by Gasteiger charge is 2.38. The van der Waals surface area contributed by atoms with Gasteiger partial charge < -0.3 is 25.2 Å². The van der Waals surface area contributed by atoms with Crippen LogP contribution in [-0.4, -0.2) is 47.8 Å². The summed E-state index contributed by atoms with van der Waals surface area (Å²) >= 11 is 0. The molecule has 3 rings (SSSR count). The van der Waals surface area contributed by atoms with Gasteiger partial charge in [0, 0.05) is 29.9 Å². The minimum Gasteiger partial charge on any atom is -0.496 e. The third kappa shape index (κ3) is 8.14. The number of hydrogen-bond acceptors (Lipinski definition) is 6. The minimum absolute atomic E-state index is 0.0244. The minimum atomic E-state index is -5.08. The van der Waals surface area contributed by atoms with Crippen molar-refractivity contribution in [2.45, 2.75) is 38.2 Å². The molecule has 1 fully saturated rings. The van der Waals surface area contributed by atoms with Crippen LogP contribution < -0.4 is 20.1 Å². The van der Waals surface area contributed by atoms with E-state index in [1.807, 2.05) is 0 Å². The van der Waals surface area contributed by atoms with Crippen molar-refractivity contribution in [1.82, 2.24) is 15.6 Å². The zero-order valence-electron chi connectivity index (χ0n) is 17.9. The second-order valence-electron chi connectivity index (χ2n) is 7.06. The Labute approximate surface area is 191 Å². The molecule has 1 aliphatic rings. The third-order valence-electron chi connectivity index (χ3n) is 4.56. The quantitative estimate of drug-likeness (QED) is 0.511. The van der Waals surface area contributed by atoms with Crippen molar-refractivity contribution in [2.24, 2.45) is 0 Å². The lowest BCUT2D eigenvalue weighted by atomic mass is 10.1. The van der Waals surface area contributed by atoms with Crippen LogP contribution in [0.2, 0.25) is 0 Å². The normalized spacial score (nSPS) is 15.2. The number of carboxylic acids is 1. The van der Waals surface area contributed by atoms with Gasteiger partial charge in [-0.3, -0.25) is 9.78 Å². The number of rotatable bonds is 7. The summed E-state index contributed by atoms with van der Waals surface area (Å²) in [5.41, 5.74) is 0.981. The number of carbonyl (C=O) groups is 2. The largest absolute Gasteiger partial charge is 0.496 e. The first-order valence-electron chi connectivity index (χ1n) is 9.91. The van der Waals surface area contributed by atoms with Crippen molar-refractivity contribution in [1.29, 1.82) is 0 Å². The van der Waals surface area contributed by atoms with Crippen molar-refractivity contribution in [3.8, 4) is 11.5 Å². The van der Waals surface area contributed by atoms with Gasteiger partial charge in [0.1, 0.15) is 18.2 Å². The second kappa shape index (κ2) is 12.1. The highest BCUT2D eigenvalue weighted by molar-refractivity contribution is 5.82. The monoisotopic (exact) mass is 491 g/mol. The van der Waals surface area contributed by atoms with E-state index in [1.165, 1.54) is 31.5 Å². The molecule has 8 nitrogen and oxygen atoms in total. The van der Waals surface area contributed by atoms with Gasteiger partial charge in [-0.25, -0.2) is 13.6 Å². The van der Waals surface area contributed by atoms with E-state index in [-0.39, 0.29) is 30.9 Å². The lowest BCUT2D eigenvalue weighted by molar-refractivity contribution is -0.192. The Morgan fingerprint density at radius 2 is 1.91 bits per heavy atom. The van der Waals surface area contributed by atoms with Crippen LogP contribution in [0.5, 0.6) is 11.5 Å². The van der Waals surface area contributed by atoms with E-state index in [1.54, 1.807) is 0 Å².